The van der Waals surface area contributed by atoms with E-state index in [1.165, 1.54) is 11.8 Å². The normalized spacial score (nSPS) is 16.4. The van der Waals surface area contributed by atoms with Crippen molar-refractivity contribution in [2.24, 2.45) is 0 Å². The minimum absolute atomic E-state index is 0.147. The standard InChI is InChI=1S/C12H17BrN4OS/c1-9(18)16-4-3-5-17(7-6-16)11-10(13)8-14-12(15-11)19-2/h8H,3-7H2,1-2H3. The van der Waals surface area contributed by atoms with Crippen molar-refractivity contribution >= 4 is 39.4 Å². The van der Waals surface area contributed by atoms with Crippen LogP contribution in [-0.2, 0) is 4.79 Å². The number of thioether (sulfide) groups is 1. The number of carbonyl (C=O) groups excluding carboxylic acids is 1. The molecule has 1 aliphatic rings. The van der Waals surface area contributed by atoms with Crippen molar-refractivity contribution in [1.82, 2.24) is 14.9 Å². The van der Waals surface area contributed by atoms with Crippen molar-refractivity contribution in [3.8, 4) is 0 Å². The lowest BCUT2D eigenvalue weighted by molar-refractivity contribution is -0.128. The Morgan fingerprint density at radius 2 is 2.16 bits per heavy atom. The first kappa shape index (κ1) is 14.6. The largest absolute Gasteiger partial charge is 0.354 e. The second-order valence-electron chi connectivity index (χ2n) is 4.37. The van der Waals surface area contributed by atoms with Crippen LogP contribution in [-0.4, -0.2) is 53.2 Å². The summed E-state index contributed by atoms with van der Waals surface area (Å²) in [5.41, 5.74) is 0. The highest BCUT2D eigenvalue weighted by molar-refractivity contribution is 9.10. The molecule has 0 N–H and O–H groups in total. The summed E-state index contributed by atoms with van der Waals surface area (Å²) >= 11 is 5.04. The molecule has 1 aromatic heterocycles. The summed E-state index contributed by atoms with van der Waals surface area (Å²) in [6.07, 6.45) is 4.72. The average molecular weight is 345 g/mol. The summed E-state index contributed by atoms with van der Waals surface area (Å²) < 4.78 is 0.904. The molecule has 1 fully saturated rings. The molecular weight excluding hydrogens is 328 g/mol. The van der Waals surface area contributed by atoms with Crippen molar-refractivity contribution in [3.05, 3.63) is 10.7 Å². The zero-order chi connectivity index (χ0) is 13.8. The van der Waals surface area contributed by atoms with Gasteiger partial charge in [0.15, 0.2) is 5.16 Å². The average Bonchev–Trinajstić information content (AvgIpc) is 2.65. The van der Waals surface area contributed by atoms with Crippen LogP contribution in [0.25, 0.3) is 0 Å². The lowest BCUT2D eigenvalue weighted by atomic mass is 10.4. The van der Waals surface area contributed by atoms with E-state index < -0.39 is 0 Å². The highest BCUT2D eigenvalue weighted by atomic mass is 79.9. The number of aromatic nitrogens is 2. The van der Waals surface area contributed by atoms with E-state index in [-0.39, 0.29) is 5.91 Å². The van der Waals surface area contributed by atoms with Gasteiger partial charge in [0.1, 0.15) is 5.82 Å². The van der Waals surface area contributed by atoms with Crippen LogP contribution in [0.2, 0.25) is 0 Å². The molecule has 1 saturated heterocycles. The molecule has 0 unspecified atom stereocenters. The van der Waals surface area contributed by atoms with Crippen LogP contribution in [0.15, 0.2) is 15.8 Å². The molecule has 1 aromatic rings. The maximum absolute atomic E-state index is 11.4. The van der Waals surface area contributed by atoms with Crippen LogP contribution < -0.4 is 4.90 Å². The summed E-state index contributed by atoms with van der Waals surface area (Å²) in [6.45, 7) is 4.92. The maximum atomic E-state index is 11.4. The van der Waals surface area contributed by atoms with Gasteiger partial charge in [-0.2, -0.15) is 0 Å². The molecule has 1 aliphatic heterocycles. The molecule has 0 saturated carbocycles. The van der Waals surface area contributed by atoms with Crippen LogP contribution in [0.1, 0.15) is 13.3 Å². The first-order chi connectivity index (χ1) is 9.11. The first-order valence-corrected chi connectivity index (χ1v) is 8.20. The fourth-order valence-corrected chi connectivity index (χ4v) is 2.88. The third-order valence-corrected chi connectivity index (χ3v) is 4.25. The second kappa shape index (κ2) is 6.56. The topological polar surface area (TPSA) is 49.3 Å². The highest BCUT2D eigenvalue weighted by Crippen LogP contribution is 2.26. The quantitative estimate of drug-likeness (QED) is 0.606. The van der Waals surface area contributed by atoms with Crippen molar-refractivity contribution < 1.29 is 4.79 Å². The monoisotopic (exact) mass is 344 g/mol. The summed E-state index contributed by atoms with van der Waals surface area (Å²) in [5, 5.41) is 0.769. The van der Waals surface area contributed by atoms with E-state index in [9.17, 15) is 4.79 Å². The van der Waals surface area contributed by atoms with Gasteiger partial charge in [-0.05, 0) is 28.6 Å². The molecule has 5 nitrogen and oxygen atoms in total. The van der Waals surface area contributed by atoms with Gasteiger partial charge in [0.25, 0.3) is 0 Å². The fourth-order valence-electron chi connectivity index (χ4n) is 2.11. The van der Waals surface area contributed by atoms with Gasteiger partial charge in [-0.3, -0.25) is 4.79 Å². The van der Waals surface area contributed by atoms with Gasteiger partial charge in [-0.1, -0.05) is 11.8 Å². The van der Waals surface area contributed by atoms with Gasteiger partial charge in [0, 0.05) is 39.3 Å². The van der Waals surface area contributed by atoms with E-state index in [2.05, 4.69) is 30.8 Å². The lowest BCUT2D eigenvalue weighted by Gasteiger charge is -2.23. The summed E-state index contributed by atoms with van der Waals surface area (Å²) in [5.74, 6) is 1.07. The van der Waals surface area contributed by atoms with Crippen molar-refractivity contribution in [1.29, 1.82) is 0 Å². The van der Waals surface area contributed by atoms with E-state index in [0.717, 1.165) is 48.0 Å². The molecule has 0 radical (unpaired) electrons. The van der Waals surface area contributed by atoms with Crippen LogP contribution >= 0.6 is 27.7 Å². The molecule has 0 bridgehead atoms. The lowest BCUT2D eigenvalue weighted by Crippen LogP contribution is -2.34. The number of anilines is 1. The minimum Gasteiger partial charge on any atom is -0.354 e. The Morgan fingerprint density at radius 3 is 2.84 bits per heavy atom. The third kappa shape index (κ3) is 3.60. The summed E-state index contributed by atoms with van der Waals surface area (Å²) in [7, 11) is 0. The molecule has 0 aliphatic carbocycles. The predicted molar refractivity (Wildman–Crippen MR) is 80.6 cm³/mol. The van der Waals surface area contributed by atoms with Crippen LogP contribution in [0.4, 0.5) is 5.82 Å². The van der Waals surface area contributed by atoms with E-state index in [1.54, 1.807) is 13.1 Å². The second-order valence-corrected chi connectivity index (χ2v) is 6.00. The first-order valence-electron chi connectivity index (χ1n) is 6.19. The van der Waals surface area contributed by atoms with Gasteiger partial charge >= 0.3 is 0 Å². The smallest absolute Gasteiger partial charge is 0.219 e. The number of hydrogen-bond donors (Lipinski definition) is 0. The van der Waals surface area contributed by atoms with Gasteiger partial charge < -0.3 is 9.80 Å². The Balaban J connectivity index is 2.15. The zero-order valence-corrected chi connectivity index (χ0v) is 13.5. The van der Waals surface area contributed by atoms with Gasteiger partial charge in [0.2, 0.25) is 5.91 Å². The molecule has 7 heteroatoms. The third-order valence-electron chi connectivity index (χ3n) is 3.13. The SMILES string of the molecule is CSc1ncc(Br)c(N2CCCN(C(C)=O)CC2)n1. The molecule has 0 atom stereocenters. The molecule has 19 heavy (non-hydrogen) atoms. The maximum Gasteiger partial charge on any atom is 0.219 e. The van der Waals surface area contributed by atoms with Gasteiger partial charge in [-0.25, -0.2) is 9.97 Å². The Hall–Kier alpha value is -0.820. The van der Waals surface area contributed by atoms with Gasteiger partial charge in [-0.15, -0.1) is 0 Å². The van der Waals surface area contributed by atoms with Crippen molar-refractivity contribution in [2.75, 3.05) is 37.3 Å². The Labute approximate surface area is 125 Å². The fraction of sp³-hybridized carbons (Fsp3) is 0.583. The summed E-state index contributed by atoms with van der Waals surface area (Å²) in [4.78, 5) is 24.3. The van der Waals surface area contributed by atoms with E-state index in [4.69, 9.17) is 0 Å². The van der Waals surface area contributed by atoms with Crippen molar-refractivity contribution in [3.63, 3.8) is 0 Å². The molecule has 1 amide bonds. The zero-order valence-electron chi connectivity index (χ0n) is 11.1. The number of carbonyl (C=O) groups is 1. The van der Waals surface area contributed by atoms with Crippen LogP contribution in [0.5, 0.6) is 0 Å². The molecule has 0 spiro atoms. The Morgan fingerprint density at radius 1 is 1.37 bits per heavy atom. The number of hydrogen-bond acceptors (Lipinski definition) is 5. The number of amides is 1. The van der Waals surface area contributed by atoms with Gasteiger partial charge in [0.05, 0.1) is 4.47 Å². The van der Waals surface area contributed by atoms with Crippen LogP contribution in [0.3, 0.4) is 0 Å². The van der Waals surface area contributed by atoms with E-state index in [0.29, 0.717) is 0 Å². The molecule has 2 rings (SSSR count). The minimum atomic E-state index is 0.147. The summed E-state index contributed by atoms with van der Waals surface area (Å²) in [6, 6.07) is 0. The molecule has 2 heterocycles. The number of rotatable bonds is 2. The Bertz CT molecular complexity index is 471. The Kier molecular flexibility index (Phi) is 5.04. The van der Waals surface area contributed by atoms with Crippen molar-refractivity contribution in [2.45, 2.75) is 18.5 Å². The van der Waals surface area contributed by atoms with Crippen LogP contribution in [0, 0.1) is 0 Å². The highest BCUT2D eigenvalue weighted by Gasteiger charge is 2.19. The molecular formula is C12H17BrN4OS. The van der Waals surface area contributed by atoms with E-state index in [1.807, 2.05) is 11.2 Å². The van der Waals surface area contributed by atoms with E-state index >= 15 is 0 Å². The number of halogens is 1. The molecule has 0 aromatic carbocycles. The molecule has 104 valence electrons. The predicted octanol–water partition coefficient (Wildman–Crippen LogP) is 2.02. The number of nitrogens with zero attached hydrogens (tertiary/aromatic N) is 4.